The molecule has 0 saturated carbocycles. The average molecular weight is 390 g/mol. The Morgan fingerprint density at radius 2 is 1.71 bits per heavy atom. The van der Waals surface area contributed by atoms with Crippen molar-refractivity contribution in [2.24, 2.45) is 0 Å². The van der Waals surface area contributed by atoms with Gasteiger partial charge in [0.05, 0.1) is 34.1 Å². The van der Waals surface area contributed by atoms with Gasteiger partial charge in [-0.25, -0.2) is 4.98 Å². The lowest BCUT2D eigenvalue weighted by molar-refractivity contribution is 0.309. The number of aromatic nitrogens is 2. The van der Waals surface area contributed by atoms with Crippen molar-refractivity contribution in [1.82, 2.24) is 9.97 Å². The van der Waals surface area contributed by atoms with E-state index in [9.17, 15) is 0 Å². The summed E-state index contributed by atoms with van der Waals surface area (Å²) in [6, 6.07) is 3.90. The highest BCUT2D eigenvalue weighted by atomic mass is 16.5. The van der Waals surface area contributed by atoms with Crippen molar-refractivity contribution >= 4 is 11.8 Å². The number of nitrogens with zero attached hydrogens (tertiary/aromatic N) is 2. The summed E-state index contributed by atoms with van der Waals surface area (Å²) in [7, 11) is 4.81. The quantitative estimate of drug-likeness (QED) is 0.532. The number of nitrogens with two attached hydrogens (primary N) is 1. The molecule has 0 atom stereocenters. The first-order chi connectivity index (χ1) is 13.6. The Morgan fingerprint density at radius 1 is 1.00 bits per heavy atom. The van der Waals surface area contributed by atoms with Crippen LogP contribution in [0.15, 0.2) is 18.3 Å². The highest BCUT2D eigenvalue weighted by molar-refractivity contribution is 5.54. The van der Waals surface area contributed by atoms with Crippen LogP contribution in [-0.2, 0) is 6.42 Å². The van der Waals surface area contributed by atoms with Crippen molar-refractivity contribution in [2.75, 3.05) is 45.5 Å². The van der Waals surface area contributed by atoms with Gasteiger partial charge < -0.3 is 30.0 Å². The van der Waals surface area contributed by atoms with Crippen molar-refractivity contribution in [2.45, 2.75) is 32.6 Å². The number of methoxy groups -OCH3 is 3. The van der Waals surface area contributed by atoms with E-state index in [4.69, 9.17) is 24.7 Å². The maximum Gasteiger partial charge on any atom is 0.222 e. The van der Waals surface area contributed by atoms with Crippen LogP contribution < -0.4 is 30.0 Å². The molecular formula is C20H30N4O4. The first-order valence-electron chi connectivity index (χ1n) is 9.41. The summed E-state index contributed by atoms with van der Waals surface area (Å²) in [5.41, 5.74) is 6.77. The second-order valence-electron chi connectivity index (χ2n) is 6.21. The third-order valence-corrected chi connectivity index (χ3v) is 4.19. The van der Waals surface area contributed by atoms with Gasteiger partial charge in [0.25, 0.3) is 0 Å². The zero-order valence-corrected chi connectivity index (χ0v) is 17.1. The van der Waals surface area contributed by atoms with E-state index >= 15 is 0 Å². The third kappa shape index (κ3) is 5.80. The van der Waals surface area contributed by atoms with Gasteiger partial charge in [-0.3, -0.25) is 0 Å². The van der Waals surface area contributed by atoms with E-state index in [1.165, 1.54) is 0 Å². The Hall–Kier alpha value is -2.90. The zero-order valence-electron chi connectivity index (χ0n) is 17.1. The van der Waals surface area contributed by atoms with E-state index in [2.05, 4.69) is 22.2 Å². The van der Waals surface area contributed by atoms with Crippen LogP contribution in [-0.4, -0.2) is 44.4 Å². The summed E-state index contributed by atoms with van der Waals surface area (Å²) in [5.74, 6) is 3.35. The topological polar surface area (TPSA) is 101 Å². The molecule has 0 amide bonds. The number of anilines is 2. The summed E-state index contributed by atoms with van der Waals surface area (Å²) < 4.78 is 22.0. The van der Waals surface area contributed by atoms with Crippen LogP contribution in [0.4, 0.5) is 11.8 Å². The predicted molar refractivity (Wildman–Crippen MR) is 110 cm³/mol. The minimum absolute atomic E-state index is 0.226. The Morgan fingerprint density at radius 3 is 2.32 bits per heavy atom. The van der Waals surface area contributed by atoms with Gasteiger partial charge >= 0.3 is 0 Å². The maximum absolute atomic E-state index is 5.87. The van der Waals surface area contributed by atoms with E-state index in [-0.39, 0.29) is 5.95 Å². The molecule has 1 aromatic heterocycles. The second kappa shape index (κ2) is 11.1. The predicted octanol–water partition coefficient (Wildman–Crippen LogP) is 3.31. The van der Waals surface area contributed by atoms with Crippen molar-refractivity contribution in [3.63, 3.8) is 0 Å². The van der Waals surface area contributed by atoms with E-state index < -0.39 is 0 Å². The Balaban J connectivity index is 1.96. The van der Waals surface area contributed by atoms with Gasteiger partial charge in [0.2, 0.25) is 11.7 Å². The van der Waals surface area contributed by atoms with E-state index in [0.29, 0.717) is 35.4 Å². The van der Waals surface area contributed by atoms with Crippen LogP contribution in [0.2, 0.25) is 0 Å². The lowest BCUT2D eigenvalue weighted by Gasteiger charge is -2.14. The van der Waals surface area contributed by atoms with Gasteiger partial charge in [-0.15, -0.1) is 0 Å². The fourth-order valence-corrected chi connectivity index (χ4v) is 2.74. The number of nitrogen functional groups attached to an aromatic ring is 1. The minimum atomic E-state index is 0.226. The molecule has 0 radical (unpaired) electrons. The maximum atomic E-state index is 5.87. The average Bonchev–Trinajstić information content (AvgIpc) is 2.71. The number of aryl methyl sites for hydroxylation is 1. The van der Waals surface area contributed by atoms with Gasteiger partial charge in [-0.05, 0) is 37.0 Å². The van der Waals surface area contributed by atoms with Crippen molar-refractivity contribution < 1.29 is 18.9 Å². The molecule has 28 heavy (non-hydrogen) atoms. The Kier molecular flexibility index (Phi) is 8.45. The molecule has 0 spiro atoms. The molecule has 1 aromatic carbocycles. The largest absolute Gasteiger partial charge is 0.493 e. The van der Waals surface area contributed by atoms with Gasteiger partial charge in [0.1, 0.15) is 0 Å². The molecule has 0 aliphatic rings. The number of rotatable bonds is 12. The molecule has 0 saturated heterocycles. The normalized spacial score (nSPS) is 10.4. The number of unbranched alkanes of at least 4 members (excludes halogenated alkanes) is 1. The van der Waals surface area contributed by atoms with E-state index in [1.807, 2.05) is 12.1 Å². The summed E-state index contributed by atoms with van der Waals surface area (Å²) >= 11 is 0. The van der Waals surface area contributed by atoms with Crippen LogP contribution in [0, 0.1) is 0 Å². The first kappa shape index (κ1) is 21.4. The second-order valence-corrected chi connectivity index (χ2v) is 6.21. The zero-order chi connectivity index (χ0) is 20.4. The van der Waals surface area contributed by atoms with Gasteiger partial charge in [-0.1, -0.05) is 13.3 Å². The molecule has 0 aliphatic carbocycles. The van der Waals surface area contributed by atoms with Crippen LogP contribution in [0.5, 0.6) is 23.0 Å². The summed E-state index contributed by atoms with van der Waals surface area (Å²) in [6.07, 6.45) is 5.35. The Labute approximate surface area is 166 Å². The number of hydrogen-bond acceptors (Lipinski definition) is 8. The molecule has 0 bridgehead atoms. The van der Waals surface area contributed by atoms with Gasteiger partial charge in [-0.2, -0.15) is 4.98 Å². The molecular weight excluding hydrogens is 360 g/mol. The summed E-state index contributed by atoms with van der Waals surface area (Å²) in [6.45, 7) is 3.47. The molecule has 2 aromatic rings. The lowest BCUT2D eigenvalue weighted by Crippen LogP contribution is -2.09. The molecule has 154 valence electrons. The monoisotopic (exact) mass is 390 g/mol. The molecule has 0 aliphatic heterocycles. The van der Waals surface area contributed by atoms with E-state index in [0.717, 1.165) is 37.8 Å². The van der Waals surface area contributed by atoms with Crippen LogP contribution in [0.1, 0.15) is 31.7 Å². The number of nitrogens with one attached hydrogen (secondary N) is 1. The standard InChI is InChI=1S/C20H30N4O4/c1-5-6-9-22-19-17(13-23-20(21)24-19)28-10-7-8-14-11-15(25-2)18(27-4)16(12-14)26-3/h11-13H,5-10H2,1-4H3,(H3,21,22,23,24). The fraction of sp³-hybridized carbons (Fsp3) is 0.500. The summed E-state index contributed by atoms with van der Waals surface area (Å²) in [5, 5.41) is 3.25. The molecule has 8 heteroatoms. The summed E-state index contributed by atoms with van der Waals surface area (Å²) in [4.78, 5) is 8.25. The highest BCUT2D eigenvalue weighted by Gasteiger charge is 2.13. The number of hydrogen-bond donors (Lipinski definition) is 2. The molecule has 1 heterocycles. The molecule has 8 nitrogen and oxygen atoms in total. The lowest BCUT2D eigenvalue weighted by atomic mass is 10.1. The van der Waals surface area contributed by atoms with Crippen molar-refractivity contribution in [3.8, 4) is 23.0 Å². The third-order valence-electron chi connectivity index (χ3n) is 4.19. The van der Waals surface area contributed by atoms with Gasteiger partial charge in [0.15, 0.2) is 23.1 Å². The first-order valence-corrected chi connectivity index (χ1v) is 9.41. The van der Waals surface area contributed by atoms with Crippen molar-refractivity contribution in [3.05, 3.63) is 23.9 Å². The van der Waals surface area contributed by atoms with Crippen molar-refractivity contribution in [1.29, 1.82) is 0 Å². The Bertz CT molecular complexity index is 730. The van der Waals surface area contributed by atoms with Crippen LogP contribution in [0.25, 0.3) is 0 Å². The molecule has 3 N–H and O–H groups in total. The number of benzene rings is 1. The van der Waals surface area contributed by atoms with E-state index in [1.54, 1.807) is 27.5 Å². The smallest absolute Gasteiger partial charge is 0.222 e. The van der Waals surface area contributed by atoms with Crippen LogP contribution >= 0.6 is 0 Å². The fourth-order valence-electron chi connectivity index (χ4n) is 2.74. The van der Waals surface area contributed by atoms with Crippen LogP contribution in [0.3, 0.4) is 0 Å². The SMILES string of the molecule is CCCCNc1nc(N)ncc1OCCCc1cc(OC)c(OC)c(OC)c1. The molecule has 0 unspecified atom stereocenters. The molecule has 0 fully saturated rings. The molecule has 2 rings (SSSR count). The number of ether oxygens (including phenoxy) is 4. The van der Waals surface area contributed by atoms with Gasteiger partial charge in [0, 0.05) is 6.54 Å². The highest BCUT2D eigenvalue weighted by Crippen LogP contribution is 2.38. The minimum Gasteiger partial charge on any atom is -0.493 e.